The molecule has 1 N–H and O–H groups in total. The minimum Gasteiger partial charge on any atom is -0.495 e. The lowest BCUT2D eigenvalue weighted by molar-refractivity contribution is 0.141. The number of aliphatic hydroxyl groups excluding tert-OH is 1. The molecule has 28 heavy (non-hydrogen) atoms. The van der Waals surface area contributed by atoms with Crippen molar-refractivity contribution in [1.29, 1.82) is 0 Å². The van der Waals surface area contributed by atoms with Crippen LogP contribution in [0, 0.1) is 0 Å². The van der Waals surface area contributed by atoms with Gasteiger partial charge in [-0.05, 0) is 53.1 Å². The van der Waals surface area contributed by atoms with Gasteiger partial charge >= 0.3 is 0 Å². The summed E-state index contributed by atoms with van der Waals surface area (Å²) in [5.41, 5.74) is 2.15. The van der Waals surface area contributed by atoms with Crippen LogP contribution in [0.3, 0.4) is 0 Å². The van der Waals surface area contributed by atoms with Crippen LogP contribution >= 0.6 is 22.9 Å². The number of nitrogens with zero attached hydrogens (tertiary/aromatic N) is 2. The van der Waals surface area contributed by atoms with Crippen molar-refractivity contribution in [2.24, 2.45) is 0 Å². The van der Waals surface area contributed by atoms with E-state index in [9.17, 15) is 5.11 Å². The fourth-order valence-corrected chi connectivity index (χ4v) is 5.00. The number of ether oxygens (including phenoxy) is 1. The van der Waals surface area contributed by atoms with Crippen LogP contribution in [0.2, 0.25) is 5.02 Å². The number of anilines is 1. The van der Waals surface area contributed by atoms with E-state index in [-0.39, 0.29) is 0 Å². The molecule has 1 saturated heterocycles. The molecule has 1 aliphatic rings. The summed E-state index contributed by atoms with van der Waals surface area (Å²) in [6.45, 7) is 4.79. The summed E-state index contributed by atoms with van der Waals surface area (Å²) in [6, 6.07) is 14.1. The maximum atomic E-state index is 10.7. The van der Waals surface area contributed by atoms with Crippen molar-refractivity contribution in [3.05, 3.63) is 58.4 Å². The Morgan fingerprint density at radius 1 is 1.14 bits per heavy atom. The lowest BCUT2D eigenvalue weighted by Crippen LogP contribution is -2.46. The topological polar surface area (TPSA) is 35.9 Å². The molecule has 2 aromatic carbocycles. The van der Waals surface area contributed by atoms with Crippen molar-refractivity contribution in [2.75, 3.05) is 44.7 Å². The second-order valence-corrected chi connectivity index (χ2v) is 8.48. The highest BCUT2D eigenvalue weighted by atomic mass is 35.5. The Morgan fingerprint density at radius 2 is 1.93 bits per heavy atom. The summed E-state index contributed by atoms with van der Waals surface area (Å²) < 4.78 is 6.66. The van der Waals surface area contributed by atoms with Crippen LogP contribution in [-0.2, 0) is 0 Å². The van der Waals surface area contributed by atoms with Crippen LogP contribution in [0.1, 0.15) is 18.1 Å². The number of hydrogen-bond donors (Lipinski definition) is 1. The van der Waals surface area contributed by atoms with Crippen molar-refractivity contribution in [3.63, 3.8) is 0 Å². The first-order chi connectivity index (χ1) is 13.7. The number of methoxy groups -OCH3 is 1. The summed E-state index contributed by atoms with van der Waals surface area (Å²) in [5, 5.41) is 14.6. The number of benzene rings is 2. The average Bonchev–Trinajstić information content (AvgIpc) is 3.15. The zero-order valence-electron chi connectivity index (χ0n) is 16.0. The van der Waals surface area contributed by atoms with E-state index in [1.165, 1.54) is 4.70 Å². The second kappa shape index (κ2) is 8.70. The first-order valence-electron chi connectivity index (χ1n) is 9.61. The summed E-state index contributed by atoms with van der Waals surface area (Å²) in [5.74, 6) is 0.925. The van der Waals surface area contributed by atoms with Gasteiger partial charge in [0.2, 0.25) is 0 Å². The highest BCUT2D eigenvalue weighted by molar-refractivity contribution is 7.17. The molecule has 1 unspecified atom stereocenters. The molecular formula is C22H25ClN2O2S. The molecule has 1 aliphatic heterocycles. The van der Waals surface area contributed by atoms with Crippen molar-refractivity contribution in [1.82, 2.24) is 4.90 Å². The molecule has 0 radical (unpaired) electrons. The molecular weight excluding hydrogens is 392 g/mol. The van der Waals surface area contributed by atoms with Gasteiger partial charge in [-0.1, -0.05) is 23.7 Å². The normalized spacial score (nSPS) is 16.5. The first kappa shape index (κ1) is 19.5. The zero-order chi connectivity index (χ0) is 19.5. The Bertz CT molecular complexity index is 937. The number of thiophene rings is 1. The smallest absolute Gasteiger partial charge is 0.142 e. The summed E-state index contributed by atoms with van der Waals surface area (Å²) in [6.07, 6.45) is 0.270. The number of para-hydroxylation sites is 2. The number of aliphatic hydroxyl groups is 1. The highest BCUT2D eigenvalue weighted by Crippen LogP contribution is 2.34. The fraction of sp³-hybridized carbons (Fsp3) is 0.364. The second-order valence-electron chi connectivity index (χ2n) is 7.14. The van der Waals surface area contributed by atoms with E-state index in [4.69, 9.17) is 16.3 Å². The minimum atomic E-state index is -0.459. The number of piperazine rings is 1. The number of hydrogen-bond acceptors (Lipinski definition) is 5. The Labute approximate surface area is 174 Å². The zero-order valence-corrected chi connectivity index (χ0v) is 17.5. The predicted molar refractivity (Wildman–Crippen MR) is 118 cm³/mol. The summed E-state index contributed by atoms with van der Waals surface area (Å²) in [4.78, 5) is 4.80. The van der Waals surface area contributed by atoms with Crippen LogP contribution in [0.25, 0.3) is 10.1 Å². The largest absolute Gasteiger partial charge is 0.495 e. The monoisotopic (exact) mass is 416 g/mol. The molecule has 148 valence electrons. The minimum absolute atomic E-state index is 0.459. The average molecular weight is 417 g/mol. The Morgan fingerprint density at radius 3 is 2.71 bits per heavy atom. The Balaban J connectivity index is 1.33. The van der Waals surface area contributed by atoms with E-state index in [0.29, 0.717) is 5.02 Å². The molecule has 0 saturated carbocycles. The van der Waals surface area contributed by atoms with Crippen molar-refractivity contribution >= 4 is 38.7 Å². The molecule has 6 heteroatoms. The van der Waals surface area contributed by atoms with E-state index in [0.717, 1.165) is 61.5 Å². The van der Waals surface area contributed by atoms with Gasteiger partial charge in [-0.3, -0.25) is 4.90 Å². The molecule has 0 aliphatic carbocycles. The van der Waals surface area contributed by atoms with Crippen molar-refractivity contribution < 1.29 is 9.84 Å². The number of fused-ring (bicyclic) bond motifs is 1. The molecule has 3 aromatic rings. The maximum absolute atomic E-state index is 10.7. The third-order valence-corrected chi connectivity index (χ3v) is 6.66. The molecule has 1 fully saturated rings. The fourth-order valence-electron chi connectivity index (χ4n) is 3.84. The highest BCUT2D eigenvalue weighted by Gasteiger charge is 2.21. The van der Waals surface area contributed by atoms with E-state index in [1.807, 2.05) is 30.3 Å². The van der Waals surface area contributed by atoms with Crippen molar-refractivity contribution in [2.45, 2.75) is 12.5 Å². The molecule has 4 nitrogen and oxygen atoms in total. The standard InChI is InChI=1S/C22H25ClN2O2S/c1-27-21-5-3-2-4-19(21)25-12-10-24(11-13-25)9-8-20(26)18-15-28-22-7-6-16(23)14-17(18)22/h2-7,14-15,20,26H,8-13H2,1H3. The van der Waals surface area contributed by atoms with Gasteiger partial charge in [0, 0.05) is 42.4 Å². The third kappa shape index (κ3) is 4.13. The Kier molecular flexibility index (Phi) is 6.07. The van der Waals surface area contributed by atoms with Crippen LogP contribution in [0.15, 0.2) is 47.8 Å². The third-order valence-electron chi connectivity index (χ3n) is 5.44. The number of halogens is 1. The van der Waals surface area contributed by atoms with Crippen LogP contribution in [0.5, 0.6) is 5.75 Å². The van der Waals surface area contributed by atoms with Crippen LogP contribution < -0.4 is 9.64 Å². The van der Waals surface area contributed by atoms with Crippen LogP contribution in [-0.4, -0.2) is 49.8 Å². The molecule has 0 bridgehead atoms. The van der Waals surface area contributed by atoms with Crippen molar-refractivity contribution in [3.8, 4) is 5.75 Å². The van der Waals surface area contributed by atoms with E-state index in [2.05, 4.69) is 27.3 Å². The maximum Gasteiger partial charge on any atom is 0.142 e. The molecule has 1 atom stereocenters. The SMILES string of the molecule is COc1ccccc1N1CCN(CCC(O)c2csc3ccc(Cl)cc23)CC1. The summed E-state index contributed by atoms with van der Waals surface area (Å²) in [7, 11) is 1.72. The van der Waals surface area contributed by atoms with Gasteiger partial charge in [0.1, 0.15) is 5.75 Å². The van der Waals surface area contributed by atoms with E-state index in [1.54, 1.807) is 18.4 Å². The molecule has 1 aromatic heterocycles. The summed E-state index contributed by atoms with van der Waals surface area (Å²) >= 11 is 7.80. The van der Waals surface area contributed by atoms with Gasteiger partial charge in [0.15, 0.2) is 0 Å². The lowest BCUT2D eigenvalue weighted by atomic mass is 10.1. The molecule has 0 amide bonds. The molecule has 2 heterocycles. The quantitative estimate of drug-likeness (QED) is 0.625. The van der Waals surface area contributed by atoms with E-state index >= 15 is 0 Å². The van der Waals surface area contributed by atoms with Gasteiger partial charge in [-0.25, -0.2) is 0 Å². The van der Waals surface area contributed by atoms with Gasteiger partial charge in [-0.2, -0.15) is 0 Å². The van der Waals surface area contributed by atoms with Gasteiger partial charge in [-0.15, -0.1) is 11.3 Å². The van der Waals surface area contributed by atoms with Gasteiger partial charge < -0.3 is 14.7 Å². The van der Waals surface area contributed by atoms with Crippen LogP contribution in [0.4, 0.5) is 5.69 Å². The molecule has 0 spiro atoms. The van der Waals surface area contributed by atoms with Gasteiger partial charge in [0.25, 0.3) is 0 Å². The predicted octanol–water partition coefficient (Wildman–Crippen LogP) is 4.81. The van der Waals surface area contributed by atoms with E-state index < -0.39 is 6.10 Å². The van der Waals surface area contributed by atoms with Gasteiger partial charge in [0.05, 0.1) is 18.9 Å². The Hall–Kier alpha value is -1.79. The first-order valence-corrected chi connectivity index (χ1v) is 10.9. The number of rotatable bonds is 6. The molecule has 4 rings (SSSR count). The lowest BCUT2D eigenvalue weighted by Gasteiger charge is -2.36.